The molecule has 0 bridgehead atoms. The summed E-state index contributed by atoms with van der Waals surface area (Å²) < 4.78 is 27.7. The van der Waals surface area contributed by atoms with Gasteiger partial charge in [-0.25, -0.2) is 4.98 Å². The number of rotatable bonds is 11. The summed E-state index contributed by atoms with van der Waals surface area (Å²) in [6, 6.07) is 7.17. The number of carbonyl (C=O) groups is 1. The van der Waals surface area contributed by atoms with Gasteiger partial charge in [0.05, 0.1) is 12.1 Å². The molecule has 3 N–H and O–H groups in total. The maximum absolute atomic E-state index is 12.9. The molecule has 1 amide bonds. The average Bonchev–Trinajstić information content (AvgIpc) is 3.38. The third kappa shape index (κ3) is 6.94. The molecule has 1 aromatic carbocycles. The Labute approximate surface area is 242 Å². The Morgan fingerprint density at radius 3 is 2.59 bits per heavy atom. The van der Waals surface area contributed by atoms with Gasteiger partial charge >= 0.3 is 0 Å². The molecule has 3 heterocycles. The van der Waals surface area contributed by atoms with Gasteiger partial charge in [0.2, 0.25) is 19.0 Å². The summed E-state index contributed by atoms with van der Waals surface area (Å²) in [6.45, 7) is 7.07. The van der Waals surface area contributed by atoms with Gasteiger partial charge in [0.1, 0.15) is 5.60 Å². The lowest BCUT2D eigenvalue weighted by Crippen LogP contribution is -2.53. The van der Waals surface area contributed by atoms with Crippen molar-refractivity contribution in [1.82, 2.24) is 15.6 Å². The normalized spacial score (nSPS) is 20.2. The van der Waals surface area contributed by atoms with Crippen LogP contribution >= 0.6 is 0 Å². The smallest absolute Gasteiger partial charge is 0.277 e. The molecule has 0 unspecified atom stereocenters. The Bertz CT molecular complexity index is 1220. The summed E-state index contributed by atoms with van der Waals surface area (Å²) in [6.07, 6.45) is 5.14. The highest BCUT2D eigenvalue weighted by Crippen LogP contribution is 2.48. The molecule has 5 rings (SSSR count). The number of carbonyl (C=O) groups excluding carboxylic acids is 1. The quantitative estimate of drug-likeness (QED) is 0.350. The molecule has 0 radical (unpaired) electrons. The number of benzene rings is 1. The van der Waals surface area contributed by atoms with Crippen molar-refractivity contribution in [2.75, 3.05) is 27.6 Å². The van der Waals surface area contributed by atoms with E-state index < -0.39 is 24.3 Å². The summed E-state index contributed by atoms with van der Waals surface area (Å²) >= 11 is 0. The first kappa shape index (κ1) is 29.6. The van der Waals surface area contributed by atoms with E-state index in [1.54, 1.807) is 0 Å². The minimum absolute atomic E-state index is 0.0336. The fraction of sp³-hybridized carbons (Fsp3) is 0.613. The minimum atomic E-state index is -1.08. The van der Waals surface area contributed by atoms with Crippen LogP contribution in [0.4, 0.5) is 0 Å². The second-order valence-electron chi connectivity index (χ2n) is 12.7. The molecule has 2 aliphatic heterocycles. The number of amides is 1. The predicted octanol–water partition coefficient (Wildman–Crippen LogP) is 3.44. The Kier molecular flexibility index (Phi) is 8.75. The lowest BCUT2D eigenvalue weighted by Gasteiger charge is -2.47. The summed E-state index contributed by atoms with van der Waals surface area (Å²) in [5.41, 5.74) is 2.99. The molecule has 0 saturated heterocycles. The van der Waals surface area contributed by atoms with Crippen molar-refractivity contribution >= 4 is 5.91 Å². The van der Waals surface area contributed by atoms with Crippen LogP contribution in [0.2, 0.25) is 0 Å². The second kappa shape index (κ2) is 12.1. The first-order valence-electron chi connectivity index (χ1n) is 14.4. The summed E-state index contributed by atoms with van der Waals surface area (Å²) in [7, 11) is 2.80. The lowest BCUT2D eigenvalue weighted by atomic mass is 9.73. The first-order valence-corrected chi connectivity index (χ1v) is 14.4. The number of nitrogens with zero attached hydrogens (tertiary/aromatic N) is 1. The van der Waals surface area contributed by atoms with E-state index in [2.05, 4.69) is 37.5 Å². The highest BCUT2D eigenvalue weighted by Gasteiger charge is 2.46. The number of ether oxygens (including phenoxy) is 5. The molecule has 2 aromatic rings. The van der Waals surface area contributed by atoms with E-state index in [-0.39, 0.29) is 30.4 Å². The number of pyridine rings is 1. The maximum atomic E-state index is 12.9. The van der Waals surface area contributed by atoms with Crippen LogP contribution in [0.15, 0.2) is 30.5 Å². The first-order chi connectivity index (χ1) is 19.6. The zero-order valence-corrected chi connectivity index (χ0v) is 24.7. The van der Waals surface area contributed by atoms with Crippen LogP contribution in [-0.4, -0.2) is 67.6 Å². The fourth-order valence-corrected chi connectivity index (χ4v) is 5.92. The van der Waals surface area contributed by atoms with Crippen molar-refractivity contribution in [3.05, 3.63) is 47.2 Å². The Balaban J connectivity index is 1.33. The average molecular weight is 570 g/mol. The maximum Gasteiger partial charge on any atom is 0.277 e. The van der Waals surface area contributed by atoms with Crippen LogP contribution in [0.25, 0.3) is 0 Å². The molecule has 1 saturated carbocycles. The number of hydrogen-bond acceptors (Lipinski definition) is 9. The van der Waals surface area contributed by atoms with E-state index in [0.29, 0.717) is 23.8 Å². The van der Waals surface area contributed by atoms with Crippen molar-refractivity contribution in [3.63, 3.8) is 0 Å². The van der Waals surface area contributed by atoms with Gasteiger partial charge in [-0.15, -0.1) is 0 Å². The molecule has 224 valence electrons. The molecule has 1 fully saturated rings. The summed E-state index contributed by atoms with van der Waals surface area (Å²) in [5.74, 6) is 1.54. The summed E-state index contributed by atoms with van der Waals surface area (Å²) in [4.78, 5) is 17.6. The molecular weight excluding hydrogens is 526 g/mol. The van der Waals surface area contributed by atoms with Crippen LogP contribution in [0.1, 0.15) is 69.2 Å². The fourth-order valence-electron chi connectivity index (χ4n) is 5.92. The largest absolute Gasteiger partial charge is 0.471 e. The van der Waals surface area contributed by atoms with Crippen LogP contribution < -0.4 is 24.8 Å². The lowest BCUT2D eigenvalue weighted by molar-refractivity contribution is -0.160. The number of aliphatic hydroxyl groups is 1. The van der Waals surface area contributed by atoms with Gasteiger partial charge in [0.15, 0.2) is 11.5 Å². The van der Waals surface area contributed by atoms with E-state index in [4.69, 9.17) is 28.7 Å². The monoisotopic (exact) mass is 569 g/mol. The third-order valence-corrected chi connectivity index (χ3v) is 8.10. The van der Waals surface area contributed by atoms with Crippen LogP contribution in [0.3, 0.4) is 0 Å². The standard InChI is InChI=1S/C31H43N3O7/c1-30(2,3)14-20-11-21-23(15-31(9-6-10-31)41-28(21)33-16-20)32-17-24(35)22(34-27(36)29(37-4)38-5)12-19-7-8-25-26(13-19)40-18-39-25/h7-8,11,13,16,22-24,29,32,35H,6,9-10,12,14-15,17-18H2,1-5H3,(H,34,36)/t22-,23-,24-/m0/s1. The SMILES string of the molecule is COC(OC)C(=O)N[C@@H](Cc1ccc2c(c1)OCO2)[C@@H](O)CN[C@H]1CC2(CCC2)Oc2ncc(CC(C)(C)C)cc21. The molecule has 10 heteroatoms. The predicted molar refractivity (Wildman–Crippen MR) is 152 cm³/mol. The Morgan fingerprint density at radius 2 is 1.90 bits per heavy atom. The zero-order chi connectivity index (χ0) is 29.2. The number of aromatic nitrogens is 1. The number of nitrogens with one attached hydrogen (secondary N) is 2. The molecule has 3 aliphatic rings. The van der Waals surface area contributed by atoms with Crippen LogP contribution in [-0.2, 0) is 27.1 Å². The van der Waals surface area contributed by atoms with E-state index in [0.717, 1.165) is 48.8 Å². The minimum Gasteiger partial charge on any atom is -0.471 e. The molecule has 10 nitrogen and oxygen atoms in total. The number of aliphatic hydroxyl groups excluding tert-OH is 1. The topological polar surface area (TPSA) is 120 Å². The zero-order valence-electron chi connectivity index (χ0n) is 24.7. The van der Waals surface area contributed by atoms with Gasteiger partial charge in [0.25, 0.3) is 5.91 Å². The Hall–Kier alpha value is -2.92. The van der Waals surface area contributed by atoms with Crippen LogP contribution in [0, 0.1) is 5.41 Å². The molecular formula is C31H43N3O7. The van der Waals surface area contributed by atoms with Gasteiger partial charge < -0.3 is 39.4 Å². The summed E-state index contributed by atoms with van der Waals surface area (Å²) in [5, 5.41) is 18.0. The van der Waals surface area contributed by atoms with Crippen molar-refractivity contribution in [3.8, 4) is 17.4 Å². The van der Waals surface area contributed by atoms with Gasteiger partial charge in [-0.1, -0.05) is 26.8 Å². The van der Waals surface area contributed by atoms with E-state index in [9.17, 15) is 9.90 Å². The molecule has 3 atom stereocenters. The van der Waals surface area contributed by atoms with Gasteiger partial charge in [-0.05, 0) is 66.8 Å². The van der Waals surface area contributed by atoms with Crippen molar-refractivity contribution in [2.24, 2.45) is 5.41 Å². The highest BCUT2D eigenvalue weighted by molar-refractivity contribution is 5.79. The number of hydrogen-bond donors (Lipinski definition) is 3. The Morgan fingerprint density at radius 1 is 1.15 bits per heavy atom. The van der Waals surface area contributed by atoms with E-state index in [1.807, 2.05) is 24.4 Å². The number of methoxy groups -OCH3 is 2. The molecule has 1 spiro atoms. The third-order valence-electron chi connectivity index (χ3n) is 8.10. The molecule has 1 aliphatic carbocycles. The molecule has 1 aromatic heterocycles. The highest BCUT2D eigenvalue weighted by atomic mass is 16.7. The number of fused-ring (bicyclic) bond motifs is 2. The van der Waals surface area contributed by atoms with Gasteiger partial charge in [-0.3, -0.25) is 4.79 Å². The van der Waals surface area contributed by atoms with Crippen LogP contribution in [0.5, 0.6) is 17.4 Å². The van der Waals surface area contributed by atoms with E-state index >= 15 is 0 Å². The van der Waals surface area contributed by atoms with Crippen molar-refractivity contribution in [2.45, 2.75) is 89.4 Å². The molecule has 41 heavy (non-hydrogen) atoms. The van der Waals surface area contributed by atoms with Gasteiger partial charge in [0, 0.05) is 45.0 Å². The van der Waals surface area contributed by atoms with Gasteiger partial charge in [-0.2, -0.15) is 0 Å². The second-order valence-corrected chi connectivity index (χ2v) is 12.7. The van der Waals surface area contributed by atoms with E-state index in [1.165, 1.54) is 14.2 Å². The van der Waals surface area contributed by atoms with Crippen molar-refractivity contribution in [1.29, 1.82) is 0 Å². The van der Waals surface area contributed by atoms with Crippen molar-refractivity contribution < 1.29 is 33.6 Å².